The molecular weight excluding hydrogens is 479 g/mol. The van der Waals surface area contributed by atoms with Crippen molar-refractivity contribution in [3.63, 3.8) is 0 Å². The van der Waals surface area contributed by atoms with Gasteiger partial charge in [0.2, 0.25) is 5.82 Å². The van der Waals surface area contributed by atoms with Gasteiger partial charge in [-0.15, -0.1) is 0 Å². The molecular formula is C20H20ClIN2O3. The summed E-state index contributed by atoms with van der Waals surface area (Å²) in [7, 11) is 0. The Hall–Kier alpha value is -1.80. The lowest BCUT2D eigenvalue weighted by molar-refractivity contribution is 0.240. The zero-order chi connectivity index (χ0) is 19.4. The van der Waals surface area contributed by atoms with E-state index in [1.165, 1.54) is 0 Å². The molecule has 0 atom stereocenters. The van der Waals surface area contributed by atoms with Crippen LogP contribution in [0.25, 0.3) is 22.8 Å². The van der Waals surface area contributed by atoms with Crippen molar-refractivity contribution in [1.29, 1.82) is 0 Å². The van der Waals surface area contributed by atoms with Gasteiger partial charge in [0.1, 0.15) is 11.5 Å². The molecule has 0 spiro atoms. The molecule has 1 heterocycles. The standard InChI is InChI=1S/C20H20ClIN2O3/c1-4-9-25-17-8-6-14(10-15(17)21)20-23-19(24-27-20)13-5-7-16(22)18(11-13)26-12(2)3/h5-8,10-12H,4,9H2,1-3H3. The van der Waals surface area contributed by atoms with Crippen LogP contribution in [0.5, 0.6) is 11.5 Å². The van der Waals surface area contributed by atoms with Crippen molar-refractivity contribution in [3.05, 3.63) is 45.0 Å². The first-order chi connectivity index (χ1) is 13.0. The van der Waals surface area contributed by atoms with E-state index in [9.17, 15) is 0 Å². The van der Waals surface area contributed by atoms with Crippen molar-refractivity contribution < 1.29 is 14.0 Å². The molecule has 2 aromatic carbocycles. The van der Waals surface area contributed by atoms with Gasteiger partial charge in [0.15, 0.2) is 0 Å². The fourth-order valence-corrected chi connectivity index (χ4v) is 3.11. The lowest BCUT2D eigenvalue weighted by Gasteiger charge is -2.12. The molecule has 0 radical (unpaired) electrons. The molecule has 142 valence electrons. The van der Waals surface area contributed by atoms with Crippen LogP contribution < -0.4 is 9.47 Å². The maximum Gasteiger partial charge on any atom is 0.258 e. The molecule has 0 fully saturated rings. The van der Waals surface area contributed by atoms with Gasteiger partial charge in [-0.2, -0.15) is 4.98 Å². The molecule has 0 bridgehead atoms. The number of ether oxygens (including phenoxy) is 2. The van der Waals surface area contributed by atoms with Crippen molar-refractivity contribution in [1.82, 2.24) is 10.1 Å². The van der Waals surface area contributed by atoms with Gasteiger partial charge in [0.25, 0.3) is 5.89 Å². The van der Waals surface area contributed by atoms with Gasteiger partial charge in [0, 0.05) is 11.1 Å². The Morgan fingerprint density at radius 1 is 1.11 bits per heavy atom. The summed E-state index contributed by atoms with van der Waals surface area (Å²) in [5.41, 5.74) is 1.57. The number of halogens is 2. The highest BCUT2D eigenvalue weighted by Gasteiger charge is 2.14. The predicted octanol–water partition coefficient (Wildman–Crippen LogP) is 6.24. The number of rotatable bonds is 7. The van der Waals surface area contributed by atoms with Gasteiger partial charge >= 0.3 is 0 Å². The van der Waals surface area contributed by atoms with Gasteiger partial charge in [-0.25, -0.2) is 0 Å². The minimum atomic E-state index is 0.0881. The Morgan fingerprint density at radius 3 is 2.59 bits per heavy atom. The van der Waals surface area contributed by atoms with E-state index in [-0.39, 0.29) is 6.10 Å². The van der Waals surface area contributed by atoms with E-state index in [0.717, 1.165) is 26.9 Å². The highest BCUT2D eigenvalue weighted by Crippen LogP contribution is 2.32. The van der Waals surface area contributed by atoms with Gasteiger partial charge in [-0.3, -0.25) is 0 Å². The Balaban J connectivity index is 1.86. The molecule has 0 saturated carbocycles. The average molecular weight is 499 g/mol. The van der Waals surface area contributed by atoms with Crippen LogP contribution in [-0.2, 0) is 0 Å². The van der Waals surface area contributed by atoms with E-state index in [1.54, 1.807) is 6.07 Å². The summed E-state index contributed by atoms with van der Waals surface area (Å²) in [4.78, 5) is 4.50. The highest BCUT2D eigenvalue weighted by atomic mass is 127. The maximum absolute atomic E-state index is 6.29. The van der Waals surface area contributed by atoms with E-state index in [1.807, 2.05) is 51.1 Å². The second-order valence-electron chi connectivity index (χ2n) is 6.23. The highest BCUT2D eigenvalue weighted by molar-refractivity contribution is 14.1. The fraction of sp³-hybridized carbons (Fsp3) is 0.300. The van der Waals surface area contributed by atoms with E-state index in [4.69, 9.17) is 25.6 Å². The second kappa shape index (κ2) is 8.93. The summed E-state index contributed by atoms with van der Waals surface area (Å²) in [5.74, 6) is 2.35. The topological polar surface area (TPSA) is 57.4 Å². The van der Waals surface area contributed by atoms with Crippen molar-refractivity contribution in [3.8, 4) is 34.3 Å². The SMILES string of the molecule is CCCOc1ccc(-c2nc(-c3ccc(I)c(OC(C)C)c3)no2)cc1Cl. The number of hydrogen-bond acceptors (Lipinski definition) is 5. The number of aromatic nitrogens is 2. The molecule has 27 heavy (non-hydrogen) atoms. The van der Waals surface area contributed by atoms with Gasteiger partial charge < -0.3 is 14.0 Å². The van der Waals surface area contributed by atoms with E-state index < -0.39 is 0 Å². The third-order valence-corrected chi connectivity index (χ3v) is 4.81. The quantitative estimate of drug-likeness (QED) is 0.361. The molecule has 0 unspecified atom stereocenters. The van der Waals surface area contributed by atoms with Crippen LogP contribution >= 0.6 is 34.2 Å². The van der Waals surface area contributed by atoms with Gasteiger partial charge in [-0.05, 0) is 79.3 Å². The normalized spacial score (nSPS) is 11.0. The maximum atomic E-state index is 6.29. The molecule has 5 nitrogen and oxygen atoms in total. The minimum Gasteiger partial charge on any atom is -0.492 e. The summed E-state index contributed by atoms with van der Waals surface area (Å²) < 4.78 is 17.9. The second-order valence-corrected chi connectivity index (χ2v) is 7.80. The van der Waals surface area contributed by atoms with Crippen LogP contribution in [-0.4, -0.2) is 22.9 Å². The third kappa shape index (κ3) is 4.93. The first kappa shape index (κ1) is 19.9. The molecule has 7 heteroatoms. The van der Waals surface area contributed by atoms with Gasteiger partial charge in [0.05, 0.1) is 21.3 Å². The fourth-order valence-electron chi connectivity index (χ4n) is 2.41. The molecule has 0 amide bonds. The lowest BCUT2D eigenvalue weighted by atomic mass is 10.2. The van der Waals surface area contributed by atoms with Crippen LogP contribution in [0.3, 0.4) is 0 Å². The van der Waals surface area contributed by atoms with E-state index in [2.05, 4.69) is 32.7 Å². The Kier molecular flexibility index (Phi) is 6.59. The van der Waals surface area contributed by atoms with Crippen molar-refractivity contribution in [2.45, 2.75) is 33.3 Å². The molecule has 3 rings (SSSR count). The van der Waals surface area contributed by atoms with Crippen molar-refractivity contribution in [2.75, 3.05) is 6.61 Å². The average Bonchev–Trinajstić information content (AvgIpc) is 3.12. The summed E-state index contributed by atoms with van der Waals surface area (Å²) in [5, 5.41) is 4.61. The lowest BCUT2D eigenvalue weighted by Crippen LogP contribution is -2.06. The van der Waals surface area contributed by atoms with Gasteiger partial charge in [-0.1, -0.05) is 23.7 Å². The molecule has 0 aliphatic carbocycles. The van der Waals surface area contributed by atoms with Crippen molar-refractivity contribution >= 4 is 34.2 Å². The molecule has 0 N–H and O–H groups in total. The minimum absolute atomic E-state index is 0.0881. The predicted molar refractivity (Wildman–Crippen MR) is 114 cm³/mol. The number of benzene rings is 2. The van der Waals surface area contributed by atoms with Crippen LogP contribution in [0, 0.1) is 3.57 Å². The number of hydrogen-bond donors (Lipinski definition) is 0. The largest absolute Gasteiger partial charge is 0.492 e. The summed E-state index contributed by atoms with van der Waals surface area (Å²) >= 11 is 8.54. The molecule has 1 aromatic heterocycles. The monoisotopic (exact) mass is 498 g/mol. The van der Waals surface area contributed by atoms with Crippen molar-refractivity contribution in [2.24, 2.45) is 0 Å². The molecule has 0 aliphatic rings. The van der Waals surface area contributed by atoms with Crippen LogP contribution in [0.1, 0.15) is 27.2 Å². The zero-order valence-corrected chi connectivity index (χ0v) is 18.2. The molecule has 0 aliphatic heterocycles. The summed E-state index contributed by atoms with van der Waals surface area (Å²) in [6.07, 6.45) is 1.01. The Bertz CT molecular complexity index is 927. The van der Waals surface area contributed by atoms with Crippen LogP contribution in [0.15, 0.2) is 40.9 Å². The number of nitrogens with zero attached hydrogens (tertiary/aromatic N) is 2. The molecule has 0 saturated heterocycles. The summed E-state index contributed by atoms with van der Waals surface area (Å²) in [6.45, 7) is 6.65. The first-order valence-electron chi connectivity index (χ1n) is 8.71. The van der Waals surface area contributed by atoms with E-state index >= 15 is 0 Å². The third-order valence-electron chi connectivity index (χ3n) is 3.62. The summed E-state index contributed by atoms with van der Waals surface area (Å²) in [6, 6.07) is 11.3. The smallest absolute Gasteiger partial charge is 0.258 e. The Morgan fingerprint density at radius 2 is 1.89 bits per heavy atom. The van der Waals surface area contributed by atoms with E-state index in [0.29, 0.717) is 29.1 Å². The van der Waals surface area contributed by atoms with Crippen LogP contribution in [0.4, 0.5) is 0 Å². The molecule has 3 aromatic rings. The Labute approximate surface area is 177 Å². The van der Waals surface area contributed by atoms with Crippen LogP contribution in [0.2, 0.25) is 5.02 Å². The zero-order valence-electron chi connectivity index (χ0n) is 15.3. The first-order valence-corrected chi connectivity index (χ1v) is 10.2.